The van der Waals surface area contributed by atoms with Crippen LogP contribution in [0, 0.1) is 0 Å². The minimum Gasteiger partial charge on any atom is -0.496 e. The van der Waals surface area contributed by atoms with E-state index in [2.05, 4.69) is 10.4 Å². The van der Waals surface area contributed by atoms with Gasteiger partial charge in [0.05, 0.1) is 24.1 Å². The molecule has 0 atom stereocenters. The third-order valence-electron chi connectivity index (χ3n) is 4.48. The smallest absolute Gasteiger partial charge is 0.346 e. The number of rotatable bonds is 7. The summed E-state index contributed by atoms with van der Waals surface area (Å²) in [4.78, 5) is 26.1. The van der Waals surface area contributed by atoms with Crippen molar-refractivity contribution in [2.75, 3.05) is 13.7 Å². The first-order valence-electron chi connectivity index (χ1n) is 8.83. The van der Waals surface area contributed by atoms with E-state index in [9.17, 15) is 9.59 Å². The predicted molar refractivity (Wildman–Crippen MR) is 103 cm³/mol. The fourth-order valence-electron chi connectivity index (χ4n) is 3.00. The van der Waals surface area contributed by atoms with E-state index >= 15 is 0 Å². The van der Waals surface area contributed by atoms with Gasteiger partial charge in [0, 0.05) is 12.6 Å². The van der Waals surface area contributed by atoms with Crippen molar-refractivity contribution >= 4 is 17.2 Å². The Hall–Kier alpha value is -2.87. The Kier molecular flexibility index (Phi) is 4.81. The predicted octanol–water partition coefficient (Wildman–Crippen LogP) is 2.55. The number of nitrogens with one attached hydrogen (secondary N) is 1. The number of thiophene rings is 1. The molecule has 0 aliphatic heterocycles. The van der Waals surface area contributed by atoms with Crippen LogP contribution < -0.4 is 15.7 Å². The average molecular weight is 384 g/mol. The summed E-state index contributed by atoms with van der Waals surface area (Å²) in [5, 5.41) is 9.33. The van der Waals surface area contributed by atoms with E-state index in [1.165, 1.54) is 11.8 Å². The Morgan fingerprint density at radius 2 is 2.11 bits per heavy atom. The summed E-state index contributed by atoms with van der Waals surface area (Å²) in [5.41, 5.74) is 0.350. The Balaban J connectivity index is 1.48. The Morgan fingerprint density at radius 3 is 2.81 bits per heavy atom. The highest BCUT2D eigenvalue weighted by Gasteiger charge is 2.30. The summed E-state index contributed by atoms with van der Waals surface area (Å²) >= 11 is 1.57. The van der Waals surface area contributed by atoms with Gasteiger partial charge in [-0.2, -0.15) is 0 Å². The number of aromatic nitrogens is 3. The van der Waals surface area contributed by atoms with Crippen molar-refractivity contribution in [2.24, 2.45) is 0 Å². The molecule has 27 heavy (non-hydrogen) atoms. The molecule has 4 rings (SSSR count). The van der Waals surface area contributed by atoms with Gasteiger partial charge in [-0.3, -0.25) is 9.36 Å². The molecule has 0 bridgehead atoms. The molecule has 1 fully saturated rings. The van der Waals surface area contributed by atoms with Gasteiger partial charge < -0.3 is 10.1 Å². The number of methoxy groups -OCH3 is 1. The number of amides is 1. The lowest BCUT2D eigenvalue weighted by Gasteiger charge is -2.08. The first kappa shape index (κ1) is 17.5. The van der Waals surface area contributed by atoms with Crippen LogP contribution in [0.4, 0.5) is 0 Å². The molecule has 8 heteroatoms. The quantitative estimate of drug-likeness (QED) is 0.679. The van der Waals surface area contributed by atoms with Crippen LogP contribution >= 0.6 is 11.3 Å². The summed E-state index contributed by atoms with van der Waals surface area (Å²) in [6.07, 6.45) is 2.02. The number of hydrogen-bond donors (Lipinski definition) is 1. The number of para-hydroxylation sites is 1. The fraction of sp³-hybridized carbons (Fsp3) is 0.316. The lowest BCUT2D eigenvalue weighted by molar-refractivity contribution is 0.0948. The lowest BCUT2D eigenvalue weighted by atomic mass is 10.2. The molecule has 3 aromatic rings. The minimum atomic E-state index is -0.236. The first-order valence-corrected chi connectivity index (χ1v) is 9.71. The van der Waals surface area contributed by atoms with Crippen LogP contribution in [0.25, 0.3) is 10.7 Å². The summed E-state index contributed by atoms with van der Waals surface area (Å²) < 4.78 is 8.44. The number of hydrogen-bond acceptors (Lipinski definition) is 5. The second kappa shape index (κ2) is 7.40. The Labute approximate surface area is 160 Å². The van der Waals surface area contributed by atoms with E-state index in [0.717, 1.165) is 17.7 Å². The van der Waals surface area contributed by atoms with Gasteiger partial charge in [0.15, 0.2) is 5.82 Å². The molecule has 1 aliphatic rings. The molecule has 1 saturated carbocycles. The maximum atomic E-state index is 12.7. The maximum absolute atomic E-state index is 12.7. The number of carbonyl (C=O) groups is 1. The molecule has 0 unspecified atom stereocenters. The molecule has 1 N–H and O–H groups in total. The van der Waals surface area contributed by atoms with Gasteiger partial charge in [-0.25, -0.2) is 9.48 Å². The average Bonchev–Trinajstić information content (AvgIpc) is 3.26. The van der Waals surface area contributed by atoms with Gasteiger partial charge in [0.25, 0.3) is 5.91 Å². The molecule has 1 amide bonds. The number of ether oxygens (including phenoxy) is 1. The second-order valence-electron chi connectivity index (χ2n) is 6.36. The lowest BCUT2D eigenvalue weighted by Crippen LogP contribution is -2.32. The molecule has 1 aliphatic carbocycles. The molecule has 140 valence electrons. The standard InChI is InChI=1S/C19H20N4O3S/c1-26-15-6-3-2-5-14(15)18(24)20-10-11-22-19(25)23(13-8-9-13)17(21-22)16-7-4-12-27-16/h2-7,12-13H,8-11H2,1H3,(H,20,24). The summed E-state index contributed by atoms with van der Waals surface area (Å²) in [6.45, 7) is 0.625. The third-order valence-corrected chi connectivity index (χ3v) is 5.35. The second-order valence-corrected chi connectivity index (χ2v) is 7.31. The van der Waals surface area contributed by atoms with Crippen LogP contribution in [-0.4, -0.2) is 33.9 Å². The molecule has 2 aromatic heterocycles. The SMILES string of the molecule is COc1ccccc1C(=O)NCCn1nc(-c2cccs2)n(C2CC2)c1=O. The number of carbonyl (C=O) groups excluding carboxylic acids is 1. The van der Waals surface area contributed by atoms with Crippen molar-refractivity contribution in [2.45, 2.75) is 25.4 Å². The van der Waals surface area contributed by atoms with Crippen molar-refractivity contribution in [3.63, 3.8) is 0 Å². The van der Waals surface area contributed by atoms with Gasteiger partial charge in [-0.05, 0) is 36.4 Å². The molecule has 2 heterocycles. The zero-order valence-corrected chi connectivity index (χ0v) is 15.7. The zero-order valence-electron chi connectivity index (χ0n) is 14.9. The molecule has 0 saturated heterocycles. The van der Waals surface area contributed by atoms with Gasteiger partial charge in [-0.15, -0.1) is 16.4 Å². The highest BCUT2D eigenvalue weighted by molar-refractivity contribution is 7.13. The van der Waals surface area contributed by atoms with Crippen LogP contribution in [0.5, 0.6) is 5.75 Å². The van der Waals surface area contributed by atoms with Crippen LogP contribution in [0.15, 0.2) is 46.6 Å². The van der Waals surface area contributed by atoms with E-state index in [1.54, 1.807) is 34.1 Å². The Bertz CT molecular complexity index is 1000. The monoisotopic (exact) mass is 384 g/mol. The highest BCUT2D eigenvalue weighted by Crippen LogP contribution is 2.37. The molecule has 1 aromatic carbocycles. The largest absolute Gasteiger partial charge is 0.496 e. The van der Waals surface area contributed by atoms with Gasteiger partial charge in [0.2, 0.25) is 0 Å². The molecular formula is C19H20N4O3S. The van der Waals surface area contributed by atoms with Crippen LogP contribution in [0.1, 0.15) is 29.2 Å². The summed E-state index contributed by atoms with van der Waals surface area (Å²) in [7, 11) is 1.53. The third kappa shape index (κ3) is 3.52. The molecular weight excluding hydrogens is 364 g/mol. The van der Waals surface area contributed by atoms with Gasteiger partial charge in [-0.1, -0.05) is 18.2 Å². The molecule has 7 nitrogen and oxygen atoms in total. The zero-order chi connectivity index (χ0) is 18.8. The van der Waals surface area contributed by atoms with Crippen molar-refractivity contribution in [3.8, 4) is 16.5 Å². The topological polar surface area (TPSA) is 78.2 Å². The number of nitrogens with zero attached hydrogens (tertiary/aromatic N) is 3. The van der Waals surface area contributed by atoms with E-state index in [4.69, 9.17) is 4.74 Å². The summed E-state index contributed by atoms with van der Waals surface area (Å²) in [5.74, 6) is 0.999. The normalized spacial score (nSPS) is 13.5. The highest BCUT2D eigenvalue weighted by atomic mass is 32.1. The van der Waals surface area contributed by atoms with E-state index < -0.39 is 0 Å². The van der Waals surface area contributed by atoms with Crippen molar-refractivity contribution in [1.82, 2.24) is 19.7 Å². The minimum absolute atomic E-state index is 0.118. The van der Waals surface area contributed by atoms with E-state index in [-0.39, 0.29) is 17.6 Å². The van der Waals surface area contributed by atoms with Crippen molar-refractivity contribution in [1.29, 1.82) is 0 Å². The summed E-state index contributed by atoms with van der Waals surface area (Å²) in [6, 6.07) is 11.2. The molecule has 0 spiro atoms. The van der Waals surface area contributed by atoms with E-state index in [1.807, 2.05) is 23.6 Å². The van der Waals surface area contributed by atoms with Crippen molar-refractivity contribution < 1.29 is 9.53 Å². The van der Waals surface area contributed by atoms with E-state index in [0.29, 0.717) is 30.2 Å². The van der Waals surface area contributed by atoms with Gasteiger partial charge >= 0.3 is 5.69 Å². The van der Waals surface area contributed by atoms with Gasteiger partial charge in [0.1, 0.15) is 5.75 Å². The van der Waals surface area contributed by atoms with Crippen LogP contribution in [0.2, 0.25) is 0 Å². The first-order chi connectivity index (χ1) is 13.2. The maximum Gasteiger partial charge on any atom is 0.346 e. The fourth-order valence-corrected chi connectivity index (χ4v) is 3.71. The number of benzene rings is 1. The molecule has 0 radical (unpaired) electrons. The van der Waals surface area contributed by atoms with Crippen LogP contribution in [-0.2, 0) is 6.54 Å². The van der Waals surface area contributed by atoms with Crippen molar-refractivity contribution in [3.05, 3.63) is 57.8 Å². The van der Waals surface area contributed by atoms with Crippen LogP contribution in [0.3, 0.4) is 0 Å². The Morgan fingerprint density at radius 1 is 1.30 bits per heavy atom.